The summed E-state index contributed by atoms with van der Waals surface area (Å²) in [5.41, 5.74) is 0.880. The van der Waals surface area contributed by atoms with Crippen LogP contribution in [0, 0.1) is 6.92 Å². The lowest BCUT2D eigenvalue weighted by molar-refractivity contribution is -0.117. The van der Waals surface area contributed by atoms with Crippen LogP contribution in [0.25, 0.3) is 0 Å². The number of hydrogen-bond acceptors (Lipinski definition) is 5. The number of aromatic nitrogens is 2. The number of nitrogens with zero attached hydrogens (tertiary/aromatic N) is 3. The van der Waals surface area contributed by atoms with Crippen molar-refractivity contribution in [3.63, 3.8) is 0 Å². The van der Waals surface area contributed by atoms with Gasteiger partial charge in [0.25, 0.3) is 0 Å². The Balaban J connectivity index is 1.93. The number of likely N-dealkylation sites (tertiary alicyclic amines) is 1. The third kappa shape index (κ3) is 4.03. The van der Waals surface area contributed by atoms with E-state index < -0.39 is 0 Å². The highest BCUT2D eigenvalue weighted by Crippen LogP contribution is 2.20. The van der Waals surface area contributed by atoms with Crippen LogP contribution >= 0.6 is 0 Å². The molecule has 2 heterocycles. The van der Waals surface area contributed by atoms with E-state index in [0.29, 0.717) is 19.0 Å². The second kappa shape index (κ2) is 7.02. The fourth-order valence-electron chi connectivity index (χ4n) is 2.76. The summed E-state index contributed by atoms with van der Waals surface area (Å²) < 4.78 is 12.3. The number of nitrogens with one attached hydrogen (secondary N) is 1. The van der Waals surface area contributed by atoms with Gasteiger partial charge in [0.15, 0.2) is 0 Å². The minimum atomic E-state index is -0.0455. The normalized spacial score (nSPS) is 22.7. The Labute approximate surface area is 125 Å². The van der Waals surface area contributed by atoms with Gasteiger partial charge in [-0.25, -0.2) is 0 Å². The standard InChI is InChI=1S/C14H24N4O3/c1-10-5-13(17(2)16-10)15-14(19)8-18-7-12(21-4)6-11(18)9-20-3/h5,11-12H,6-9H2,1-4H3,(H,15,19)/t11-,12-/m0/s1. The van der Waals surface area contributed by atoms with Gasteiger partial charge in [-0.3, -0.25) is 14.4 Å². The van der Waals surface area contributed by atoms with Gasteiger partial charge in [-0.2, -0.15) is 5.10 Å². The van der Waals surface area contributed by atoms with Crippen molar-refractivity contribution in [3.05, 3.63) is 11.8 Å². The molecule has 0 aromatic carbocycles. The van der Waals surface area contributed by atoms with Crippen LogP contribution in [-0.2, 0) is 21.3 Å². The zero-order chi connectivity index (χ0) is 15.4. The molecule has 0 unspecified atom stereocenters. The quantitative estimate of drug-likeness (QED) is 0.823. The van der Waals surface area contributed by atoms with Crippen LogP contribution in [0.1, 0.15) is 12.1 Å². The molecule has 1 aromatic heterocycles. The molecule has 1 aliphatic heterocycles. The lowest BCUT2D eigenvalue weighted by Gasteiger charge is -2.22. The Morgan fingerprint density at radius 3 is 2.86 bits per heavy atom. The summed E-state index contributed by atoms with van der Waals surface area (Å²) in [6, 6.07) is 2.07. The second-order valence-corrected chi connectivity index (χ2v) is 5.47. The molecule has 21 heavy (non-hydrogen) atoms. The summed E-state index contributed by atoms with van der Waals surface area (Å²) >= 11 is 0. The zero-order valence-corrected chi connectivity index (χ0v) is 13.1. The minimum Gasteiger partial charge on any atom is -0.383 e. The van der Waals surface area contributed by atoms with Gasteiger partial charge >= 0.3 is 0 Å². The number of methoxy groups -OCH3 is 2. The monoisotopic (exact) mass is 296 g/mol. The molecule has 7 nitrogen and oxygen atoms in total. The molecular weight excluding hydrogens is 272 g/mol. The summed E-state index contributed by atoms with van der Waals surface area (Å²) in [5.74, 6) is 0.666. The minimum absolute atomic E-state index is 0.0455. The summed E-state index contributed by atoms with van der Waals surface area (Å²) in [5, 5.41) is 7.11. The Morgan fingerprint density at radius 2 is 2.29 bits per heavy atom. The molecule has 1 aromatic rings. The van der Waals surface area contributed by atoms with Crippen LogP contribution in [0.3, 0.4) is 0 Å². The average molecular weight is 296 g/mol. The molecule has 0 radical (unpaired) electrons. The van der Waals surface area contributed by atoms with Crippen LogP contribution in [0.5, 0.6) is 0 Å². The molecule has 1 N–H and O–H groups in total. The van der Waals surface area contributed by atoms with Gasteiger partial charge in [-0.1, -0.05) is 0 Å². The summed E-state index contributed by atoms with van der Waals surface area (Å²) in [6.45, 7) is 3.59. The highest BCUT2D eigenvalue weighted by Gasteiger charge is 2.33. The van der Waals surface area contributed by atoms with Crippen molar-refractivity contribution < 1.29 is 14.3 Å². The zero-order valence-electron chi connectivity index (χ0n) is 13.1. The fraction of sp³-hybridized carbons (Fsp3) is 0.714. The average Bonchev–Trinajstić information content (AvgIpc) is 2.94. The Morgan fingerprint density at radius 1 is 1.52 bits per heavy atom. The lowest BCUT2D eigenvalue weighted by Crippen LogP contribution is -2.39. The second-order valence-electron chi connectivity index (χ2n) is 5.47. The van der Waals surface area contributed by atoms with Crippen molar-refractivity contribution in [1.29, 1.82) is 0 Å². The van der Waals surface area contributed by atoms with E-state index in [1.807, 2.05) is 20.0 Å². The maximum Gasteiger partial charge on any atom is 0.239 e. The van der Waals surface area contributed by atoms with E-state index in [1.54, 1.807) is 18.9 Å². The molecule has 0 spiro atoms. The highest BCUT2D eigenvalue weighted by molar-refractivity contribution is 5.91. The molecule has 2 atom stereocenters. The molecule has 1 fully saturated rings. The van der Waals surface area contributed by atoms with Gasteiger partial charge < -0.3 is 14.8 Å². The summed E-state index contributed by atoms with van der Waals surface area (Å²) in [6.07, 6.45) is 1.06. The van der Waals surface area contributed by atoms with E-state index in [1.165, 1.54) is 0 Å². The van der Waals surface area contributed by atoms with E-state index in [0.717, 1.165) is 18.7 Å². The van der Waals surface area contributed by atoms with Crippen molar-refractivity contribution in [2.75, 3.05) is 39.2 Å². The molecule has 0 aliphatic carbocycles. The van der Waals surface area contributed by atoms with Crippen LogP contribution < -0.4 is 5.32 Å². The molecule has 0 saturated carbocycles. The number of aryl methyl sites for hydroxylation is 2. The molecule has 2 rings (SSSR count). The maximum atomic E-state index is 12.2. The van der Waals surface area contributed by atoms with Crippen molar-refractivity contribution in [3.8, 4) is 0 Å². The first kappa shape index (κ1) is 15.9. The predicted octanol–water partition coefficient (Wildman–Crippen LogP) is 0.403. The largest absolute Gasteiger partial charge is 0.383 e. The third-order valence-corrected chi connectivity index (χ3v) is 3.80. The van der Waals surface area contributed by atoms with Gasteiger partial charge in [0, 0.05) is 39.9 Å². The Bertz CT molecular complexity index is 489. The molecule has 1 amide bonds. The SMILES string of the molecule is COC[C@@H]1C[C@H](OC)CN1CC(=O)Nc1cc(C)nn1C. The molecule has 1 aliphatic rings. The van der Waals surface area contributed by atoms with Crippen LogP contribution in [0.4, 0.5) is 5.82 Å². The van der Waals surface area contributed by atoms with E-state index in [9.17, 15) is 4.79 Å². The number of carbonyl (C=O) groups is 1. The fourth-order valence-corrected chi connectivity index (χ4v) is 2.76. The molecule has 118 valence electrons. The number of hydrogen-bond donors (Lipinski definition) is 1. The van der Waals surface area contributed by atoms with E-state index >= 15 is 0 Å². The molecule has 0 bridgehead atoms. The van der Waals surface area contributed by atoms with Crippen LogP contribution in [0.15, 0.2) is 6.07 Å². The maximum absolute atomic E-state index is 12.2. The first-order valence-electron chi connectivity index (χ1n) is 7.09. The number of anilines is 1. The number of rotatable bonds is 6. The lowest BCUT2D eigenvalue weighted by atomic mass is 10.2. The predicted molar refractivity (Wildman–Crippen MR) is 79.2 cm³/mol. The van der Waals surface area contributed by atoms with Gasteiger partial charge in [-0.15, -0.1) is 0 Å². The van der Waals surface area contributed by atoms with Gasteiger partial charge in [0.2, 0.25) is 5.91 Å². The van der Waals surface area contributed by atoms with Crippen molar-refractivity contribution in [2.24, 2.45) is 7.05 Å². The van der Waals surface area contributed by atoms with Crippen molar-refractivity contribution in [2.45, 2.75) is 25.5 Å². The van der Waals surface area contributed by atoms with Crippen molar-refractivity contribution in [1.82, 2.24) is 14.7 Å². The molecular formula is C14H24N4O3. The summed E-state index contributed by atoms with van der Waals surface area (Å²) in [4.78, 5) is 14.3. The smallest absolute Gasteiger partial charge is 0.239 e. The van der Waals surface area contributed by atoms with E-state index in [4.69, 9.17) is 9.47 Å². The number of ether oxygens (including phenoxy) is 2. The third-order valence-electron chi connectivity index (χ3n) is 3.80. The Hall–Kier alpha value is -1.44. The number of carbonyl (C=O) groups excluding carboxylic acids is 1. The highest BCUT2D eigenvalue weighted by atomic mass is 16.5. The van der Waals surface area contributed by atoms with Crippen LogP contribution in [0.2, 0.25) is 0 Å². The first-order valence-corrected chi connectivity index (χ1v) is 7.09. The van der Waals surface area contributed by atoms with Gasteiger partial charge in [0.05, 0.1) is 24.9 Å². The first-order chi connectivity index (χ1) is 10.0. The Kier molecular flexibility index (Phi) is 5.33. The van der Waals surface area contributed by atoms with E-state index in [-0.39, 0.29) is 18.1 Å². The van der Waals surface area contributed by atoms with E-state index in [2.05, 4.69) is 15.3 Å². The topological polar surface area (TPSA) is 68.6 Å². The molecule has 1 saturated heterocycles. The van der Waals surface area contributed by atoms with Crippen LogP contribution in [-0.4, -0.2) is 66.6 Å². The summed E-state index contributed by atoms with van der Waals surface area (Å²) in [7, 11) is 5.19. The number of amides is 1. The van der Waals surface area contributed by atoms with Gasteiger partial charge in [0.1, 0.15) is 5.82 Å². The molecule has 7 heteroatoms. The van der Waals surface area contributed by atoms with Crippen molar-refractivity contribution >= 4 is 11.7 Å². The van der Waals surface area contributed by atoms with Gasteiger partial charge in [-0.05, 0) is 13.3 Å².